The van der Waals surface area contributed by atoms with E-state index >= 15 is 0 Å². The standard InChI is InChI=1S/C8H15F3N2.C2H6/c9-8(10,11)3-6-13-4-1-7(12)2-5-13;1-2/h7H,1-6,12H2;1-2H3. The van der Waals surface area contributed by atoms with Gasteiger partial charge in [-0.25, -0.2) is 0 Å². The molecule has 0 saturated carbocycles. The van der Waals surface area contributed by atoms with Crippen molar-refractivity contribution < 1.29 is 13.2 Å². The van der Waals surface area contributed by atoms with Crippen molar-refractivity contribution in [3.05, 3.63) is 0 Å². The number of alkyl halides is 3. The van der Waals surface area contributed by atoms with E-state index in [2.05, 4.69) is 0 Å². The van der Waals surface area contributed by atoms with E-state index in [0.717, 1.165) is 12.8 Å². The molecule has 0 bridgehead atoms. The third-order valence-corrected chi connectivity index (χ3v) is 2.34. The van der Waals surface area contributed by atoms with E-state index in [-0.39, 0.29) is 12.6 Å². The molecule has 0 atom stereocenters. The van der Waals surface area contributed by atoms with Crippen LogP contribution in [0.5, 0.6) is 0 Å². The van der Waals surface area contributed by atoms with Crippen molar-refractivity contribution >= 4 is 0 Å². The second kappa shape index (κ2) is 7.06. The third-order valence-electron chi connectivity index (χ3n) is 2.34. The third kappa shape index (κ3) is 7.62. The Labute approximate surface area is 89.6 Å². The predicted molar refractivity (Wildman–Crippen MR) is 55.7 cm³/mol. The number of halogens is 3. The molecule has 0 amide bonds. The summed E-state index contributed by atoms with van der Waals surface area (Å²) in [6.07, 6.45) is -3.10. The number of likely N-dealkylation sites (tertiary alicyclic amines) is 1. The lowest BCUT2D eigenvalue weighted by Crippen LogP contribution is -2.40. The quantitative estimate of drug-likeness (QED) is 0.783. The maximum absolute atomic E-state index is 11.8. The van der Waals surface area contributed by atoms with Crippen LogP contribution in [0, 0.1) is 0 Å². The highest BCUT2D eigenvalue weighted by atomic mass is 19.4. The fraction of sp³-hybridized carbons (Fsp3) is 1.00. The van der Waals surface area contributed by atoms with Gasteiger partial charge < -0.3 is 10.6 Å². The monoisotopic (exact) mass is 226 g/mol. The van der Waals surface area contributed by atoms with Gasteiger partial charge in [0.05, 0.1) is 6.42 Å². The van der Waals surface area contributed by atoms with Crippen LogP contribution < -0.4 is 5.73 Å². The van der Waals surface area contributed by atoms with Crippen LogP contribution in [-0.4, -0.2) is 36.8 Å². The van der Waals surface area contributed by atoms with Crippen LogP contribution in [0.3, 0.4) is 0 Å². The van der Waals surface area contributed by atoms with Gasteiger partial charge in [0.25, 0.3) is 0 Å². The zero-order valence-corrected chi connectivity index (χ0v) is 9.48. The minimum atomic E-state index is -4.03. The smallest absolute Gasteiger partial charge is 0.328 e. The van der Waals surface area contributed by atoms with Gasteiger partial charge in [-0.15, -0.1) is 0 Å². The lowest BCUT2D eigenvalue weighted by Gasteiger charge is -2.30. The molecule has 1 rings (SSSR count). The first-order chi connectivity index (χ1) is 6.97. The van der Waals surface area contributed by atoms with Gasteiger partial charge in [0.15, 0.2) is 0 Å². The van der Waals surface area contributed by atoms with Gasteiger partial charge in [0, 0.05) is 12.6 Å². The second-order valence-corrected chi connectivity index (χ2v) is 3.54. The van der Waals surface area contributed by atoms with E-state index in [1.54, 1.807) is 0 Å². The summed E-state index contributed by atoms with van der Waals surface area (Å²) in [7, 11) is 0. The van der Waals surface area contributed by atoms with Gasteiger partial charge in [-0.1, -0.05) is 13.8 Å². The number of rotatable bonds is 2. The molecule has 0 aromatic heterocycles. The number of hydrogen-bond acceptors (Lipinski definition) is 2. The SMILES string of the molecule is CC.NC1CCN(CCC(F)(F)F)CC1. The average molecular weight is 226 g/mol. The highest BCUT2D eigenvalue weighted by Crippen LogP contribution is 2.20. The lowest BCUT2D eigenvalue weighted by atomic mass is 10.1. The molecule has 1 aliphatic rings. The van der Waals surface area contributed by atoms with E-state index in [0.29, 0.717) is 13.1 Å². The molecule has 2 nitrogen and oxygen atoms in total. The maximum Gasteiger partial charge on any atom is 0.390 e. The first-order valence-electron chi connectivity index (χ1n) is 5.52. The summed E-state index contributed by atoms with van der Waals surface area (Å²) in [6, 6.07) is 0.183. The number of nitrogens with two attached hydrogens (primary N) is 1. The molecule has 1 aliphatic heterocycles. The second-order valence-electron chi connectivity index (χ2n) is 3.54. The van der Waals surface area contributed by atoms with Crippen molar-refractivity contribution in [2.24, 2.45) is 5.73 Å². The highest BCUT2D eigenvalue weighted by Gasteiger charge is 2.28. The number of nitrogens with zero attached hydrogens (tertiary/aromatic N) is 1. The van der Waals surface area contributed by atoms with Crippen molar-refractivity contribution in [1.82, 2.24) is 4.90 Å². The molecule has 1 heterocycles. The molecular weight excluding hydrogens is 205 g/mol. The van der Waals surface area contributed by atoms with E-state index < -0.39 is 12.6 Å². The largest absolute Gasteiger partial charge is 0.390 e. The van der Waals surface area contributed by atoms with Crippen molar-refractivity contribution in [3.63, 3.8) is 0 Å². The molecule has 92 valence electrons. The summed E-state index contributed by atoms with van der Waals surface area (Å²) in [4.78, 5) is 1.83. The Bertz CT molecular complexity index is 151. The van der Waals surface area contributed by atoms with Crippen molar-refractivity contribution in [3.8, 4) is 0 Å². The van der Waals surface area contributed by atoms with Gasteiger partial charge in [-0.3, -0.25) is 0 Å². The van der Waals surface area contributed by atoms with Crippen LogP contribution >= 0.6 is 0 Å². The summed E-state index contributed by atoms with van der Waals surface area (Å²) >= 11 is 0. The van der Waals surface area contributed by atoms with Crippen LogP contribution in [0.2, 0.25) is 0 Å². The molecule has 2 N–H and O–H groups in total. The Morgan fingerprint density at radius 3 is 2.07 bits per heavy atom. The molecule has 0 aliphatic carbocycles. The van der Waals surface area contributed by atoms with Gasteiger partial charge in [-0.2, -0.15) is 13.2 Å². The molecule has 5 heteroatoms. The molecule has 0 aromatic carbocycles. The Balaban J connectivity index is 0.000000921. The summed E-state index contributed by atoms with van der Waals surface area (Å²) in [5.74, 6) is 0. The van der Waals surface area contributed by atoms with Crippen LogP contribution in [-0.2, 0) is 0 Å². The Hall–Kier alpha value is -0.290. The number of piperidine rings is 1. The molecule has 0 radical (unpaired) electrons. The van der Waals surface area contributed by atoms with Crippen LogP contribution in [0.1, 0.15) is 33.1 Å². The van der Waals surface area contributed by atoms with E-state index in [9.17, 15) is 13.2 Å². The van der Waals surface area contributed by atoms with Crippen molar-refractivity contribution in [2.45, 2.75) is 45.3 Å². The van der Waals surface area contributed by atoms with Crippen molar-refractivity contribution in [1.29, 1.82) is 0 Å². The van der Waals surface area contributed by atoms with Gasteiger partial charge in [0.1, 0.15) is 0 Å². The minimum absolute atomic E-state index is 0.121. The molecule has 0 spiro atoms. The lowest BCUT2D eigenvalue weighted by molar-refractivity contribution is -0.138. The molecule has 1 fully saturated rings. The zero-order valence-electron chi connectivity index (χ0n) is 9.48. The Morgan fingerprint density at radius 2 is 1.67 bits per heavy atom. The molecule has 0 unspecified atom stereocenters. The van der Waals surface area contributed by atoms with Crippen LogP contribution in [0.25, 0.3) is 0 Å². The summed E-state index contributed by atoms with van der Waals surface area (Å²) in [5, 5.41) is 0. The molecule has 0 aromatic rings. The van der Waals surface area contributed by atoms with Crippen LogP contribution in [0.15, 0.2) is 0 Å². The molecule has 15 heavy (non-hydrogen) atoms. The van der Waals surface area contributed by atoms with Crippen molar-refractivity contribution in [2.75, 3.05) is 19.6 Å². The Kier molecular flexibility index (Phi) is 6.92. The molecular formula is C10H21F3N2. The topological polar surface area (TPSA) is 29.3 Å². The summed E-state index contributed by atoms with van der Waals surface area (Å²) < 4.78 is 35.5. The van der Waals surface area contributed by atoms with E-state index in [4.69, 9.17) is 5.73 Å². The van der Waals surface area contributed by atoms with E-state index in [1.165, 1.54) is 0 Å². The van der Waals surface area contributed by atoms with Gasteiger partial charge in [0.2, 0.25) is 0 Å². The fourth-order valence-corrected chi connectivity index (χ4v) is 1.46. The summed E-state index contributed by atoms with van der Waals surface area (Å²) in [5.41, 5.74) is 5.63. The summed E-state index contributed by atoms with van der Waals surface area (Å²) in [6.45, 7) is 5.53. The Morgan fingerprint density at radius 1 is 1.20 bits per heavy atom. The minimum Gasteiger partial charge on any atom is -0.328 e. The normalized spacial score (nSPS) is 19.6. The average Bonchev–Trinajstić information content (AvgIpc) is 2.19. The predicted octanol–water partition coefficient (Wildman–Crippen LogP) is 2.39. The van der Waals surface area contributed by atoms with Crippen LogP contribution in [0.4, 0.5) is 13.2 Å². The highest BCUT2D eigenvalue weighted by molar-refractivity contribution is 4.74. The zero-order chi connectivity index (χ0) is 11.9. The first-order valence-corrected chi connectivity index (χ1v) is 5.52. The van der Waals surface area contributed by atoms with Gasteiger partial charge in [-0.05, 0) is 25.9 Å². The first kappa shape index (κ1) is 14.7. The number of hydrogen-bond donors (Lipinski definition) is 1. The molecule has 1 saturated heterocycles. The van der Waals surface area contributed by atoms with E-state index in [1.807, 2.05) is 18.7 Å². The fourth-order valence-electron chi connectivity index (χ4n) is 1.46. The maximum atomic E-state index is 11.8. The van der Waals surface area contributed by atoms with Gasteiger partial charge >= 0.3 is 6.18 Å².